The molecule has 0 fully saturated rings. The summed E-state index contributed by atoms with van der Waals surface area (Å²) in [6, 6.07) is 3.86. The van der Waals surface area contributed by atoms with Crippen LogP contribution >= 0.6 is 0 Å². The number of rotatable bonds is 3. The van der Waals surface area contributed by atoms with E-state index < -0.39 is 0 Å². The van der Waals surface area contributed by atoms with Crippen molar-refractivity contribution in [1.29, 1.82) is 0 Å². The van der Waals surface area contributed by atoms with E-state index in [1.165, 1.54) is 0 Å². The molecule has 0 spiro atoms. The Kier molecular flexibility index (Phi) is 3.54. The van der Waals surface area contributed by atoms with E-state index in [0.29, 0.717) is 6.54 Å². The number of hydrogen-bond donors (Lipinski definition) is 1. The molecule has 2 atom stereocenters. The monoisotopic (exact) mass is 231 g/mol. The first-order valence-electron chi connectivity index (χ1n) is 5.74. The summed E-state index contributed by atoms with van der Waals surface area (Å²) in [6.07, 6.45) is 8.01. The van der Waals surface area contributed by atoms with Crippen LogP contribution in [-0.2, 0) is 11.3 Å². The summed E-state index contributed by atoms with van der Waals surface area (Å²) in [5.41, 5.74) is 6.84. The van der Waals surface area contributed by atoms with E-state index in [1.807, 2.05) is 31.3 Å². The molecule has 2 N–H and O–H groups in total. The Morgan fingerprint density at radius 1 is 1.47 bits per heavy atom. The van der Waals surface area contributed by atoms with Crippen LogP contribution in [-0.4, -0.2) is 28.9 Å². The van der Waals surface area contributed by atoms with E-state index in [1.54, 1.807) is 17.3 Å². The minimum atomic E-state index is -0.0585. The standard InChI is InChI=1S/C13H17N3O/c1-16(9-10-4-6-15-7-5-10)13(17)11-2-3-12(14)8-11/h2-7,11-12H,8-9,14H2,1H3. The van der Waals surface area contributed by atoms with Gasteiger partial charge in [-0.25, -0.2) is 0 Å². The molecule has 0 saturated heterocycles. The Morgan fingerprint density at radius 3 is 2.76 bits per heavy atom. The van der Waals surface area contributed by atoms with Crippen LogP contribution in [0, 0.1) is 5.92 Å². The van der Waals surface area contributed by atoms with E-state index in [-0.39, 0.29) is 17.9 Å². The van der Waals surface area contributed by atoms with Gasteiger partial charge in [-0.1, -0.05) is 12.2 Å². The molecule has 17 heavy (non-hydrogen) atoms. The van der Waals surface area contributed by atoms with Crippen LogP contribution in [0.2, 0.25) is 0 Å². The third kappa shape index (κ3) is 2.91. The van der Waals surface area contributed by atoms with Gasteiger partial charge in [0.2, 0.25) is 5.91 Å². The second-order valence-corrected chi connectivity index (χ2v) is 4.44. The highest BCUT2D eigenvalue weighted by atomic mass is 16.2. The number of amides is 1. The third-order valence-corrected chi connectivity index (χ3v) is 2.98. The van der Waals surface area contributed by atoms with E-state index >= 15 is 0 Å². The summed E-state index contributed by atoms with van der Waals surface area (Å²) < 4.78 is 0. The Hall–Kier alpha value is -1.68. The van der Waals surface area contributed by atoms with E-state index in [4.69, 9.17) is 5.73 Å². The van der Waals surface area contributed by atoms with Crippen molar-refractivity contribution in [2.24, 2.45) is 11.7 Å². The van der Waals surface area contributed by atoms with Crippen molar-refractivity contribution in [3.8, 4) is 0 Å². The molecule has 1 amide bonds. The second kappa shape index (κ2) is 5.10. The zero-order valence-electron chi connectivity index (χ0n) is 9.91. The van der Waals surface area contributed by atoms with E-state index in [9.17, 15) is 4.79 Å². The average molecular weight is 231 g/mol. The molecule has 4 nitrogen and oxygen atoms in total. The van der Waals surface area contributed by atoms with Crippen molar-refractivity contribution in [3.05, 3.63) is 42.2 Å². The van der Waals surface area contributed by atoms with Gasteiger partial charge in [-0.3, -0.25) is 9.78 Å². The SMILES string of the molecule is CN(Cc1ccncc1)C(=O)C1C=CC(N)C1. The first kappa shape index (κ1) is 11.8. The van der Waals surface area contributed by atoms with Crippen molar-refractivity contribution in [1.82, 2.24) is 9.88 Å². The van der Waals surface area contributed by atoms with Gasteiger partial charge in [-0.2, -0.15) is 0 Å². The van der Waals surface area contributed by atoms with Gasteiger partial charge in [0.15, 0.2) is 0 Å². The Balaban J connectivity index is 1.94. The molecule has 2 unspecified atom stereocenters. The predicted molar refractivity (Wildman–Crippen MR) is 65.9 cm³/mol. The fourth-order valence-corrected chi connectivity index (χ4v) is 2.03. The van der Waals surface area contributed by atoms with Gasteiger partial charge in [-0.05, 0) is 24.1 Å². The van der Waals surface area contributed by atoms with Crippen molar-refractivity contribution >= 4 is 5.91 Å². The summed E-state index contributed by atoms with van der Waals surface area (Å²) in [7, 11) is 1.82. The number of hydrogen-bond acceptors (Lipinski definition) is 3. The maximum Gasteiger partial charge on any atom is 0.229 e. The zero-order valence-corrected chi connectivity index (χ0v) is 9.91. The smallest absolute Gasteiger partial charge is 0.229 e. The van der Waals surface area contributed by atoms with Gasteiger partial charge in [0, 0.05) is 32.0 Å². The number of carbonyl (C=O) groups is 1. The lowest BCUT2D eigenvalue weighted by molar-refractivity contribution is -0.133. The number of nitrogens with zero attached hydrogens (tertiary/aromatic N) is 2. The molecule has 0 radical (unpaired) electrons. The van der Waals surface area contributed by atoms with Crippen LogP contribution < -0.4 is 5.73 Å². The molecule has 1 heterocycles. The van der Waals surface area contributed by atoms with Crippen LogP contribution in [0.3, 0.4) is 0 Å². The summed E-state index contributed by atoms with van der Waals surface area (Å²) >= 11 is 0. The van der Waals surface area contributed by atoms with Crippen LogP contribution in [0.5, 0.6) is 0 Å². The molecule has 1 aromatic rings. The lowest BCUT2D eigenvalue weighted by atomic mass is 10.1. The minimum absolute atomic E-state index is 0.0262. The van der Waals surface area contributed by atoms with Crippen molar-refractivity contribution in [3.63, 3.8) is 0 Å². The van der Waals surface area contributed by atoms with Crippen LogP contribution in [0.4, 0.5) is 0 Å². The van der Waals surface area contributed by atoms with Crippen molar-refractivity contribution in [2.45, 2.75) is 19.0 Å². The number of aromatic nitrogens is 1. The highest BCUT2D eigenvalue weighted by molar-refractivity contribution is 5.81. The van der Waals surface area contributed by atoms with Crippen LogP contribution in [0.15, 0.2) is 36.7 Å². The molecular formula is C13H17N3O. The lowest BCUT2D eigenvalue weighted by Crippen LogP contribution is -2.32. The summed E-state index contributed by atoms with van der Waals surface area (Å²) in [4.78, 5) is 17.8. The predicted octanol–water partition coefficient (Wildman–Crippen LogP) is 0.943. The van der Waals surface area contributed by atoms with Gasteiger partial charge in [0.25, 0.3) is 0 Å². The quantitative estimate of drug-likeness (QED) is 0.788. The highest BCUT2D eigenvalue weighted by Crippen LogP contribution is 2.19. The lowest BCUT2D eigenvalue weighted by Gasteiger charge is -2.20. The first-order chi connectivity index (χ1) is 8.16. The van der Waals surface area contributed by atoms with Crippen LogP contribution in [0.25, 0.3) is 0 Å². The maximum absolute atomic E-state index is 12.1. The fraction of sp³-hybridized carbons (Fsp3) is 0.385. The number of carbonyl (C=O) groups excluding carboxylic acids is 1. The Labute approximate surface area is 101 Å². The van der Waals surface area contributed by atoms with Crippen molar-refractivity contribution < 1.29 is 4.79 Å². The summed E-state index contributed by atoms with van der Waals surface area (Å²) in [5.74, 6) is 0.0721. The summed E-state index contributed by atoms with van der Waals surface area (Å²) in [5, 5.41) is 0. The number of nitrogens with two attached hydrogens (primary N) is 1. The topological polar surface area (TPSA) is 59.2 Å². The Bertz CT molecular complexity index is 416. The normalized spacial score (nSPS) is 22.7. The van der Waals surface area contributed by atoms with E-state index in [0.717, 1.165) is 12.0 Å². The fourth-order valence-electron chi connectivity index (χ4n) is 2.03. The van der Waals surface area contributed by atoms with Gasteiger partial charge < -0.3 is 10.6 Å². The highest BCUT2D eigenvalue weighted by Gasteiger charge is 2.25. The van der Waals surface area contributed by atoms with Gasteiger partial charge in [0.1, 0.15) is 0 Å². The van der Waals surface area contributed by atoms with Crippen LogP contribution in [0.1, 0.15) is 12.0 Å². The first-order valence-corrected chi connectivity index (χ1v) is 5.74. The molecule has 0 bridgehead atoms. The van der Waals surface area contributed by atoms with Gasteiger partial charge >= 0.3 is 0 Å². The zero-order chi connectivity index (χ0) is 12.3. The molecule has 1 aromatic heterocycles. The molecule has 90 valence electrons. The van der Waals surface area contributed by atoms with Gasteiger partial charge in [-0.15, -0.1) is 0 Å². The average Bonchev–Trinajstić information content (AvgIpc) is 2.76. The molecule has 4 heteroatoms. The molecule has 2 rings (SSSR count). The second-order valence-electron chi connectivity index (χ2n) is 4.44. The maximum atomic E-state index is 12.1. The summed E-state index contributed by atoms with van der Waals surface area (Å²) in [6.45, 7) is 0.612. The Morgan fingerprint density at radius 2 is 2.18 bits per heavy atom. The molecule has 0 saturated carbocycles. The van der Waals surface area contributed by atoms with Crippen molar-refractivity contribution in [2.75, 3.05) is 7.05 Å². The molecule has 1 aliphatic rings. The minimum Gasteiger partial charge on any atom is -0.341 e. The largest absolute Gasteiger partial charge is 0.341 e. The van der Waals surface area contributed by atoms with E-state index in [2.05, 4.69) is 4.98 Å². The number of pyridine rings is 1. The van der Waals surface area contributed by atoms with Gasteiger partial charge in [0.05, 0.1) is 5.92 Å². The molecule has 0 aliphatic heterocycles. The molecule has 0 aromatic carbocycles. The molecular weight excluding hydrogens is 214 g/mol. The molecule has 1 aliphatic carbocycles. The third-order valence-electron chi connectivity index (χ3n) is 2.98.